The van der Waals surface area contributed by atoms with Gasteiger partial charge in [0.25, 0.3) is 0 Å². The number of hydrogen-bond acceptors (Lipinski definition) is 3. The van der Waals surface area contributed by atoms with Crippen molar-refractivity contribution in [3.63, 3.8) is 0 Å². The molecule has 3 rings (SSSR count). The maximum atomic E-state index is 12.3. The van der Waals surface area contributed by atoms with Crippen molar-refractivity contribution in [2.45, 2.75) is 45.7 Å². The fourth-order valence-corrected chi connectivity index (χ4v) is 3.49. The predicted octanol–water partition coefficient (Wildman–Crippen LogP) is 3.59. The molecule has 0 unspecified atom stereocenters. The topological polar surface area (TPSA) is 57.5 Å². The molecular formula is C19H27N3O2. The van der Waals surface area contributed by atoms with E-state index >= 15 is 0 Å². The van der Waals surface area contributed by atoms with Gasteiger partial charge in [-0.3, -0.25) is 0 Å². The van der Waals surface area contributed by atoms with E-state index in [-0.39, 0.29) is 18.1 Å². The van der Waals surface area contributed by atoms with Crippen LogP contribution >= 0.6 is 0 Å². The van der Waals surface area contributed by atoms with Crippen LogP contribution in [0, 0.1) is 6.92 Å². The van der Waals surface area contributed by atoms with E-state index in [0.717, 1.165) is 54.8 Å². The molecule has 1 aliphatic heterocycles. The lowest BCUT2D eigenvalue weighted by Crippen LogP contribution is -2.48. The maximum absolute atomic E-state index is 12.3. The highest BCUT2D eigenvalue weighted by atomic mass is 16.3. The first-order chi connectivity index (χ1) is 11.6. The summed E-state index contributed by atoms with van der Waals surface area (Å²) in [6.45, 7) is 9.38. The number of likely N-dealkylation sites (tertiary alicyclic amines) is 1. The number of fused-ring (bicyclic) bond motifs is 1. The van der Waals surface area contributed by atoms with Crippen molar-refractivity contribution in [1.82, 2.24) is 15.5 Å². The van der Waals surface area contributed by atoms with Gasteiger partial charge in [0, 0.05) is 30.1 Å². The summed E-state index contributed by atoms with van der Waals surface area (Å²) >= 11 is 0. The van der Waals surface area contributed by atoms with Gasteiger partial charge in [-0.1, -0.05) is 25.1 Å². The average molecular weight is 329 g/mol. The summed E-state index contributed by atoms with van der Waals surface area (Å²) in [6, 6.07) is 7.96. The Morgan fingerprint density at radius 3 is 2.71 bits per heavy atom. The number of benzene rings is 1. The zero-order valence-corrected chi connectivity index (χ0v) is 14.8. The number of furan rings is 1. The Labute approximate surface area is 143 Å². The second-order valence-electron chi connectivity index (χ2n) is 6.64. The number of amides is 2. The van der Waals surface area contributed by atoms with Crippen LogP contribution in [0.4, 0.5) is 4.79 Å². The molecule has 0 bridgehead atoms. The Bertz CT molecular complexity index is 702. The van der Waals surface area contributed by atoms with E-state index in [1.807, 2.05) is 38.1 Å². The molecule has 0 aliphatic carbocycles. The zero-order valence-electron chi connectivity index (χ0n) is 14.8. The van der Waals surface area contributed by atoms with Crippen LogP contribution in [0.15, 0.2) is 28.7 Å². The van der Waals surface area contributed by atoms with E-state index in [9.17, 15) is 4.79 Å². The number of nitrogens with one attached hydrogen (secondary N) is 2. The molecule has 1 atom stereocenters. The minimum absolute atomic E-state index is 0.114. The van der Waals surface area contributed by atoms with Crippen LogP contribution in [-0.4, -0.2) is 36.6 Å². The fourth-order valence-electron chi connectivity index (χ4n) is 3.49. The standard InChI is InChI=1S/C19H27N3O2/c1-4-22-11-9-15(10-12-22)21-19(23)20-14(3)18-13(2)16-7-5-6-8-17(16)24-18/h5-8,14-15H,4,9-12H2,1-3H3,(H2,20,21,23)/t14-/m1/s1. The van der Waals surface area contributed by atoms with E-state index in [4.69, 9.17) is 4.42 Å². The molecular weight excluding hydrogens is 302 g/mol. The highest BCUT2D eigenvalue weighted by Gasteiger charge is 2.22. The number of aryl methyl sites for hydroxylation is 1. The van der Waals surface area contributed by atoms with Gasteiger partial charge >= 0.3 is 6.03 Å². The quantitative estimate of drug-likeness (QED) is 0.901. The molecule has 1 fully saturated rings. The second kappa shape index (κ2) is 7.26. The third-order valence-corrected chi connectivity index (χ3v) is 4.99. The predicted molar refractivity (Wildman–Crippen MR) is 96.2 cm³/mol. The normalized spacial score (nSPS) is 17.8. The van der Waals surface area contributed by atoms with Crippen molar-refractivity contribution in [3.05, 3.63) is 35.6 Å². The Kier molecular flexibility index (Phi) is 5.09. The number of carbonyl (C=O) groups excluding carboxylic acids is 1. The number of hydrogen-bond donors (Lipinski definition) is 2. The van der Waals surface area contributed by atoms with Crippen LogP contribution < -0.4 is 10.6 Å². The molecule has 5 nitrogen and oxygen atoms in total. The number of para-hydroxylation sites is 1. The van der Waals surface area contributed by atoms with Crippen LogP contribution in [-0.2, 0) is 0 Å². The molecule has 1 aromatic carbocycles. The van der Waals surface area contributed by atoms with Crippen LogP contribution in [0.5, 0.6) is 0 Å². The van der Waals surface area contributed by atoms with E-state index in [0.29, 0.717) is 0 Å². The average Bonchev–Trinajstić information content (AvgIpc) is 2.93. The summed E-state index contributed by atoms with van der Waals surface area (Å²) in [6.07, 6.45) is 2.03. The van der Waals surface area contributed by atoms with Gasteiger partial charge in [-0.2, -0.15) is 0 Å². The number of rotatable bonds is 4. The van der Waals surface area contributed by atoms with Gasteiger partial charge in [0.1, 0.15) is 11.3 Å². The fraction of sp³-hybridized carbons (Fsp3) is 0.526. The summed E-state index contributed by atoms with van der Waals surface area (Å²) < 4.78 is 5.93. The summed E-state index contributed by atoms with van der Waals surface area (Å²) in [4.78, 5) is 14.7. The van der Waals surface area contributed by atoms with Crippen molar-refractivity contribution in [2.24, 2.45) is 0 Å². The molecule has 0 saturated carbocycles. The van der Waals surface area contributed by atoms with Gasteiger partial charge in [0.15, 0.2) is 0 Å². The zero-order chi connectivity index (χ0) is 17.1. The van der Waals surface area contributed by atoms with Crippen LogP contribution in [0.3, 0.4) is 0 Å². The van der Waals surface area contributed by atoms with Crippen LogP contribution in [0.25, 0.3) is 11.0 Å². The Balaban J connectivity index is 1.58. The molecule has 130 valence electrons. The van der Waals surface area contributed by atoms with Gasteiger partial charge in [-0.25, -0.2) is 4.79 Å². The number of carbonyl (C=O) groups is 1. The molecule has 0 spiro atoms. The molecule has 2 aromatic rings. The van der Waals surface area contributed by atoms with E-state index in [1.54, 1.807) is 0 Å². The van der Waals surface area contributed by atoms with Crippen LogP contribution in [0.1, 0.15) is 44.1 Å². The lowest BCUT2D eigenvalue weighted by molar-refractivity contribution is 0.197. The van der Waals surface area contributed by atoms with E-state index in [2.05, 4.69) is 22.5 Å². The largest absolute Gasteiger partial charge is 0.459 e. The van der Waals surface area contributed by atoms with E-state index in [1.165, 1.54) is 0 Å². The van der Waals surface area contributed by atoms with Crippen molar-refractivity contribution >= 4 is 17.0 Å². The molecule has 0 radical (unpaired) electrons. The van der Waals surface area contributed by atoms with Gasteiger partial charge in [0.2, 0.25) is 0 Å². The first-order valence-corrected chi connectivity index (χ1v) is 8.86. The van der Waals surface area contributed by atoms with Crippen molar-refractivity contribution in [3.8, 4) is 0 Å². The van der Waals surface area contributed by atoms with E-state index < -0.39 is 0 Å². The molecule has 2 amide bonds. The SMILES string of the molecule is CCN1CCC(NC(=O)N[C@H](C)c2oc3ccccc3c2C)CC1. The maximum Gasteiger partial charge on any atom is 0.315 e. The van der Waals surface area contributed by atoms with Gasteiger partial charge in [-0.15, -0.1) is 0 Å². The smallest absolute Gasteiger partial charge is 0.315 e. The van der Waals surface area contributed by atoms with Crippen molar-refractivity contribution in [2.75, 3.05) is 19.6 Å². The minimum atomic E-state index is -0.159. The molecule has 1 aromatic heterocycles. The first kappa shape index (κ1) is 16.8. The molecule has 1 aliphatic rings. The molecule has 1 saturated heterocycles. The lowest BCUT2D eigenvalue weighted by Gasteiger charge is -2.31. The summed E-state index contributed by atoms with van der Waals surface area (Å²) in [5.41, 5.74) is 1.96. The monoisotopic (exact) mass is 329 g/mol. The number of piperidine rings is 1. The van der Waals surface area contributed by atoms with Crippen molar-refractivity contribution in [1.29, 1.82) is 0 Å². The minimum Gasteiger partial charge on any atom is -0.459 e. The highest BCUT2D eigenvalue weighted by molar-refractivity contribution is 5.82. The number of urea groups is 1. The third kappa shape index (κ3) is 3.56. The molecule has 2 N–H and O–H groups in total. The Morgan fingerprint density at radius 2 is 2.04 bits per heavy atom. The first-order valence-electron chi connectivity index (χ1n) is 8.86. The van der Waals surface area contributed by atoms with Gasteiger partial charge < -0.3 is 20.0 Å². The summed E-state index contributed by atoms with van der Waals surface area (Å²) in [5.74, 6) is 0.826. The summed E-state index contributed by atoms with van der Waals surface area (Å²) in [7, 11) is 0. The Morgan fingerprint density at radius 1 is 1.33 bits per heavy atom. The molecule has 2 heterocycles. The second-order valence-corrected chi connectivity index (χ2v) is 6.64. The number of nitrogens with zero attached hydrogens (tertiary/aromatic N) is 1. The van der Waals surface area contributed by atoms with Crippen molar-refractivity contribution < 1.29 is 9.21 Å². The molecule has 5 heteroatoms. The Hall–Kier alpha value is -2.01. The van der Waals surface area contributed by atoms with Gasteiger partial charge in [0.05, 0.1) is 6.04 Å². The molecule has 24 heavy (non-hydrogen) atoms. The van der Waals surface area contributed by atoms with Crippen LogP contribution in [0.2, 0.25) is 0 Å². The third-order valence-electron chi connectivity index (χ3n) is 4.99. The van der Waals surface area contributed by atoms with Gasteiger partial charge in [-0.05, 0) is 39.3 Å². The highest BCUT2D eigenvalue weighted by Crippen LogP contribution is 2.29. The lowest BCUT2D eigenvalue weighted by atomic mass is 10.1. The summed E-state index contributed by atoms with van der Waals surface area (Å²) in [5, 5.41) is 7.22.